The largest absolute Gasteiger partial charge is 0.371 e. The molecule has 1 aromatic heterocycles. The second kappa shape index (κ2) is 8.35. The van der Waals surface area contributed by atoms with E-state index in [0.29, 0.717) is 17.2 Å². The number of benzene rings is 2. The maximum atomic E-state index is 12.3. The minimum atomic E-state index is -3.29. The van der Waals surface area contributed by atoms with Gasteiger partial charge >= 0.3 is 0 Å². The first-order valence-corrected chi connectivity index (χ1v) is 14.0. The van der Waals surface area contributed by atoms with Crippen molar-refractivity contribution in [2.75, 3.05) is 22.7 Å². The van der Waals surface area contributed by atoms with E-state index in [-0.39, 0.29) is 5.25 Å². The van der Waals surface area contributed by atoms with Gasteiger partial charge in [-0.2, -0.15) is 5.26 Å². The van der Waals surface area contributed by atoms with Crippen LogP contribution in [0.15, 0.2) is 42.5 Å². The molecule has 0 radical (unpaired) electrons. The monoisotopic (exact) mass is 474 g/mol. The van der Waals surface area contributed by atoms with Crippen molar-refractivity contribution >= 4 is 32.3 Å². The Morgan fingerprint density at radius 2 is 1.71 bits per heavy atom. The highest BCUT2D eigenvalue weighted by molar-refractivity contribution is 7.93. The average molecular weight is 475 g/mol. The number of hydrogen-bond acceptors (Lipinski definition) is 4. The van der Waals surface area contributed by atoms with Crippen molar-refractivity contribution in [3.63, 3.8) is 0 Å². The Kier molecular flexibility index (Phi) is 5.29. The summed E-state index contributed by atoms with van der Waals surface area (Å²) in [5.41, 5.74) is 5.53. The van der Waals surface area contributed by atoms with E-state index >= 15 is 0 Å². The molecule has 6 rings (SSSR count). The molecule has 3 fully saturated rings. The lowest BCUT2D eigenvalue weighted by molar-refractivity contribution is 0.578. The number of hydrogen-bond donors (Lipinski definition) is 1. The summed E-state index contributed by atoms with van der Waals surface area (Å²) in [6, 6.07) is 16.5. The zero-order valence-electron chi connectivity index (χ0n) is 19.3. The molecule has 2 saturated carbocycles. The molecule has 2 aromatic carbocycles. The smallest absolute Gasteiger partial charge is 0.235 e. The van der Waals surface area contributed by atoms with Crippen LogP contribution in [0.5, 0.6) is 0 Å². The van der Waals surface area contributed by atoms with Crippen LogP contribution in [0.2, 0.25) is 0 Å². The van der Waals surface area contributed by atoms with E-state index in [0.717, 1.165) is 54.6 Å². The molecular formula is C27H30N4O2S. The molecule has 176 valence electrons. The lowest BCUT2D eigenvalue weighted by Crippen LogP contribution is -2.29. The maximum Gasteiger partial charge on any atom is 0.235 e. The third-order valence-corrected chi connectivity index (χ3v) is 9.27. The SMILES string of the molecule is N#Cc1c(-c2ccc(NS(=O)(=O)C3CC3)cc2)n(CC2CC2)c2cc(N3CCCCC3)ccc12. The number of anilines is 2. The number of nitrogens with zero attached hydrogens (tertiary/aromatic N) is 3. The molecule has 3 aromatic rings. The van der Waals surface area contributed by atoms with Crippen molar-refractivity contribution in [1.29, 1.82) is 5.26 Å². The Hall–Kier alpha value is -2.98. The van der Waals surface area contributed by atoms with Crippen molar-refractivity contribution in [2.24, 2.45) is 5.92 Å². The van der Waals surface area contributed by atoms with Gasteiger partial charge in [-0.3, -0.25) is 4.72 Å². The third kappa shape index (κ3) is 4.05. The molecule has 1 aliphatic heterocycles. The maximum absolute atomic E-state index is 12.3. The summed E-state index contributed by atoms with van der Waals surface area (Å²) in [7, 11) is -3.29. The normalized spacial score (nSPS) is 18.7. The average Bonchev–Trinajstić information content (AvgIpc) is 3.77. The molecule has 0 spiro atoms. The zero-order chi connectivity index (χ0) is 23.3. The van der Waals surface area contributed by atoms with Crippen molar-refractivity contribution in [1.82, 2.24) is 4.57 Å². The van der Waals surface area contributed by atoms with Crippen LogP contribution in [0.1, 0.15) is 50.5 Å². The third-order valence-electron chi connectivity index (χ3n) is 7.40. The summed E-state index contributed by atoms with van der Waals surface area (Å²) in [5.74, 6) is 0.657. The fraction of sp³-hybridized carbons (Fsp3) is 0.444. The van der Waals surface area contributed by atoms with Gasteiger partial charge in [0.15, 0.2) is 0 Å². The Morgan fingerprint density at radius 1 is 0.971 bits per heavy atom. The Balaban J connectivity index is 1.42. The van der Waals surface area contributed by atoms with E-state index in [1.807, 2.05) is 24.3 Å². The van der Waals surface area contributed by atoms with E-state index in [1.165, 1.54) is 37.8 Å². The molecule has 0 amide bonds. The quantitative estimate of drug-likeness (QED) is 0.492. The van der Waals surface area contributed by atoms with Gasteiger partial charge in [0, 0.05) is 36.4 Å². The molecule has 34 heavy (non-hydrogen) atoms. The summed E-state index contributed by atoms with van der Waals surface area (Å²) in [6.07, 6.45) is 7.69. The molecule has 2 aliphatic carbocycles. The lowest BCUT2D eigenvalue weighted by atomic mass is 10.0. The number of sulfonamides is 1. The molecule has 7 heteroatoms. The zero-order valence-corrected chi connectivity index (χ0v) is 20.2. The van der Waals surface area contributed by atoms with Gasteiger partial charge in [0.2, 0.25) is 10.0 Å². The van der Waals surface area contributed by atoms with Crippen LogP contribution in [0.25, 0.3) is 22.2 Å². The number of piperidine rings is 1. The first-order valence-electron chi connectivity index (χ1n) is 12.5. The van der Waals surface area contributed by atoms with E-state index in [9.17, 15) is 13.7 Å². The van der Waals surface area contributed by atoms with Gasteiger partial charge in [0.25, 0.3) is 0 Å². The predicted molar refractivity (Wildman–Crippen MR) is 136 cm³/mol. The van der Waals surface area contributed by atoms with Gasteiger partial charge in [-0.15, -0.1) is 0 Å². The Labute approximate surface area is 201 Å². The highest BCUT2D eigenvalue weighted by Gasteiger charge is 2.35. The minimum Gasteiger partial charge on any atom is -0.371 e. The van der Waals surface area contributed by atoms with Crippen LogP contribution >= 0.6 is 0 Å². The fourth-order valence-corrected chi connectivity index (χ4v) is 6.56. The highest BCUT2D eigenvalue weighted by Crippen LogP contribution is 2.40. The standard InChI is InChI=1S/C27H30N4O2S/c28-17-25-24-13-10-22(30-14-2-1-3-15-30)16-26(24)31(18-19-4-5-19)27(25)20-6-8-21(9-7-20)29-34(32,33)23-11-12-23/h6-10,13,16,19,23,29H,1-5,11-12,14-15,18H2. The fourth-order valence-electron chi connectivity index (χ4n) is 5.17. The highest BCUT2D eigenvalue weighted by atomic mass is 32.2. The van der Waals surface area contributed by atoms with Crippen LogP contribution in [0.4, 0.5) is 11.4 Å². The molecule has 2 heterocycles. The first-order chi connectivity index (χ1) is 16.5. The number of aromatic nitrogens is 1. The van der Waals surface area contributed by atoms with E-state index < -0.39 is 10.0 Å². The van der Waals surface area contributed by atoms with Crippen molar-refractivity contribution < 1.29 is 8.42 Å². The summed E-state index contributed by atoms with van der Waals surface area (Å²) < 4.78 is 29.7. The molecule has 1 N–H and O–H groups in total. The molecular weight excluding hydrogens is 444 g/mol. The van der Waals surface area contributed by atoms with Gasteiger partial charge < -0.3 is 9.47 Å². The minimum absolute atomic E-state index is 0.257. The number of rotatable bonds is 7. The first kappa shape index (κ1) is 21.5. The lowest BCUT2D eigenvalue weighted by Gasteiger charge is -2.29. The number of nitrogens with one attached hydrogen (secondary N) is 1. The second-order valence-corrected chi connectivity index (χ2v) is 12.0. The van der Waals surface area contributed by atoms with Gasteiger partial charge in [-0.05, 0) is 86.8 Å². The van der Waals surface area contributed by atoms with Gasteiger partial charge in [-0.25, -0.2) is 8.42 Å². The van der Waals surface area contributed by atoms with Crippen LogP contribution in [-0.4, -0.2) is 31.3 Å². The van der Waals surface area contributed by atoms with Crippen LogP contribution in [-0.2, 0) is 16.6 Å². The number of nitriles is 1. The Morgan fingerprint density at radius 3 is 2.35 bits per heavy atom. The molecule has 1 saturated heterocycles. The Bertz CT molecular complexity index is 1370. The molecule has 6 nitrogen and oxygen atoms in total. The van der Waals surface area contributed by atoms with Gasteiger partial charge in [0.05, 0.1) is 22.0 Å². The van der Waals surface area contributed by atoms with Crippen molar-refractivity contribution in [2.45, 2.75) is 56.7 Å². The summed E-state index contributed by atoms with van der Waals surface area (Å²) in [6.45, 7) is 3.09. The number of fused-ring (bicyclic) bond motifs is 1. The van der Waals surface area contributed by atoms with Gasteiger partial charge in [0.1, 0.15) is 6.07 Å². The summed E-state index contributed by atoms with van der Waals surface area (Å²) >= 11 is 0. The van der Waals surface area contributed by atoms with Crippen molar-refractivity contribution in [3.05, 3.63) is 48.0 Å². The van der Waals surface area contributed by atoms with E-state index in [4.69, 9.17) is 0 Å². The van der Waals surface area contributed by atoms with E-state index in [2.05, 4.69) is 38.5 Å². The van der Waals surface area contributed by atoms with Crippen molar-refractivity contribution in [3.8, 4) is 17.3 Å². The second-order valence-electron chi connectivity index (χ2n) is 10.1. The van der Waals surface area contributed by atoms with E-state index in [1.54, 1.807) is 0 Å². The molecule has 0 atom stereocenters. The van der Waals surface area contributed by atoms with Crippen LogP contribution < -0.4 is 9.62 Å². The van der Waals surface area contributed by atoms with Crippen LogP contribution in [0, 0.1) is 17.2 Å². The molecule has 3 aliphatic rings. The van der Waals surface area contributed by atoms with Crippen LogP contribution in [0.3, 0.4) is 0 Å². The predicted octanol–water partition coefficient (Wildman–Crippen LogP) is 5.48. The molecule has 0 bridgehead atoms. The topological polar surface area (TPSA) is 78.1 Å². The summed E-state index contributed by atoms with van der Waals surface area (Å²) in [5, 5.41) is 10.9. The summed E-state index contributed by atoms with van der Waals surface area (Å²) in [4.78, 5) is 2.46. The molecule has 0 unspecified atom stereocenters. The van der Waals surface area contributed by atoms with Gasteiger partial charge in [-0.1, -0.05) is 12.1 Å².